The Hall–Kier alpha value is -1.11. The lowest BCUT2D eigenvalue weighted by Crippen LogP contribution is -2.08. The maximum Gasteiger partial charge on any atom is 0.312 e. The number of hydrogen-bond acceptors (Lipinski definition) is 5. The minimum Gasteiger partial charge on any atom is -0.481 e. The van der Waals surface area contributed by atoms with Gasteiger partial charge < -0.3 is 10.4 Å². The van der Waals surface area contributed by atoms with Gasteiger partial charge in [-0.1, -0.05) is 11.6 Å². The molecule has 0 aromatic carbocycles. The molecule has 0 fully saturated rings. The summed E-state index contributed by atoms with van der Waals surface area (Å²) < 4.78 is 0.768. The van der Waals surface area contributed by atoms with E-state index in [0.29, 0.717) is 13.0 Å². The van der Waals surface area contributed by atoms with E-state index in [4.69, 9.17) is 16.7 Å². The molecular weight excluding hydrogens is 304 g/mol. The van der Waals surface area contributed by atoms with Crippen molar-refractivity contribution in [2.24, 2.45) is 0 Å². The highest BCUT2D eigenvalue weighted by atomic mass is 35.5. The largest absolute Gasteiger partial charge is 0.481 e. The van der Waals surface area contributed by atoms with Crippen LogP contribution in [0.1, 0.15) is 27.8 Å². The van der Waals surface area contributed by atoms with E-state index in [1.54, 1.807) is 11.3 Å². The zero-order valence-corrected chi connectivity index (χ0v) is 12.2. The van der Waals surface area contributed by atoms with E-state index in [0.717, 1.165) is 31.3 Å². The molecule has 0 amide bonds. The number of carbonyl (C=O) groups is 1. The lowest BCUT2D eigenvalue weighted by molar-refractivity contribution is -0.138. The molecule has 0 saturated heterocycles. The van der Waals surface area contributed by atoms with Crippen LogP contribution in [0.15, 0.2) is 12.1 Å². The number of anilines is 1. The van der Waals surface area contributed by atoms with Crippen molar-refractivity contribution in [3.63, 3.8) is 0 Å². The molecular formula is C12H11ClN2O2S2. The van der Waals surface area contributed by atoms with Gasteiger partial charge in [-0.3, -0.25) is 4.79 Å². The number of rotatable bonds is 4. The van der Waals surface area contributed by atoms with E-state index in [2.05, 4.69) is 10.3 Å². The van der Waals surface area contributed by atoms with Crippen LogP contribution in [-0.2, 0) is 17.8 Å². The molecule has 4 nitrogen and oxygen atoms in total. The number of fused-ring (bicyclic) bond motifs is 1. The van der Waals surface area contributed by atoms with Crippen LogP contribution in [0.5, 0.6) is 0 Å². The van der Waals surface area contributed by atoms with Crippen molar-refractivity contribution in [2.45, 2.75) is 25.3 Å². The van der Waals surface area contributed by atoms with Crippen LogP contribution in [-0.4, -0.2) is 16.1 Å². The van der Waals surface area contributed by atoms with Crippen molar-refractivity contribution >= 4 is 45.4 Å². The number of aliphatic carboxylic acids is 1. The van der Waals surface area contributed by atoms with E-state index in [1.807, 2.05) is 12.1 Å². The fourth-order valence-corrected chi connectivity index (χ4v) is 4.21. The van der Waals surface area contributed by atoms with Crippen LogP contribution in [0.2, 0.25) is 4.34 Å². The highest BCUT2D eigenvalue weighted by Gasteiger charge is 2.32. The van der Waals surface area contributed by atoms with Gasteiger partial charge in [0.2, 0.25) is 0 Å². The number of carboxylic acids is 1. The fourth-order valence-electron chi connectivity index (χ4n) is 2.15. The molecule has 1 atom stereocenters. The first-order valence-electron chi connectivity index (χ1n) is 5.84. The van der Waals surface area contributed by atoms with E-state index in [9.17, 15) is 4.79 Å². The van der Waals surface area contributed by atoms with Gasteiger partial charge in [-0.2, -0.15) is 0 Å². The predicted octanol–water partition coefficient (Wildman–Crippen LogP) is 3.58. The Balaban J connectivity index is 1.70. The number of thiophene rings is 1. The summed E-state index contributed by atoms with van der Waals surface area (Å²) in [5, 5.41) is 13.1. The third kappa shape index (κ3) is 2.61. The molecule has 0 saturated carbocycles. The van der Waals surface area contributed by atoms with E-state index in [1.165, 1.54) is 11.3 Å². The molecule has 0 radical (unpaired) electrons. The first-order valence-corrected chi connectivity index (χ1v) is 7.85. The Labute approximate surface area is 123 Å². The normalized spacial score (nSPS) is 17.4. The van der Waals surface area contributed by atoms with E-state index < -0.39 is 11.9 Å². The molecule has 0 bridgehead atoms. The number of nitrogens with zero attached hydrogens (tertiary/aromatic N) is 1. The Morgan fingerprint density at radius 2 is 2.37 bits per heavy atom. The van der Waals surface area contributed by atoms with E-state index >= 15 is 0 Å². The number of aryl methyl sites for hydroxylation is 1. The van der Waals surface area contributed by atoms with Gasteiger partial charge in [0.25, 0.3) is 0 Å². The lowest BCUT2D eigenvalue weighted by Gasteiger charge is -2.02. The van der Waals surface area contributed by atoms with Gasteiger partial charge in [0.1, 0.15) is 5.92 Å². The smallest absolute Gasteiger partial charge is 0.312 e. The van der Waals surface area contributed by atoms with Gasteiger partial charge in [-0.05, 0) is 25.0 Å². The minimum absolute atomic E-state index is 0.432. The standard InChI is InChI=1S/C12H11ClN2O2S2/c13-9-4-1-6(18-9)5-14-12-15-10-7(11(16)17)2-3-8(10)19-12/h1,4,7H,2-3,5H2,(H,14,15)(H,16,17). The zero-order valence-electron chi connectivity index (χ0n) is 9.85. The van der Waals surface area contributed by atoms with Crippen molar-refractivity contribution < 1.29 is 9.90 Å². The molecule has 2 aromatic heterocycles. The number of thiazole rings is 1. The quantitative estimate of drug-likeness (QED) is 0.905. The second-order valence-electron chi connectivity index (χ2n) is 4.32. The number of carboxylic acid groups (broad SMARTS) is 1. The monoisotopic (exact) mass is 314 g/mol. The lowest BCUT2D eigenvalue weighted by atomic mass is 10.1. The van der Waals surface area contributed by atoms with Gasteiger partial charge in [0.15, 0.2) is 5.13 Å². The molecule has 0 spiro atoms. The average Bonchev–Trinajstić information content (AvgIpc) is 3.00. The second kappa shape index (κ2) is 5.11. The topological polar surface area (TPSA) is 62.2 Å². The van der Waals surface area contributed by atoms with Gasteiger partial charge in [-0.15, -0.1) is 22.7 Å². The summed E-state index contributed by atoms with van der Waals surface area (Å²) in [5.41, 5.74) is 0.740. The van der Waals surface area contributed by atoms with Crippen LogP contribution < -0.4 is 5.32 Å². The highest BCUT2D eigenvalue weighted by Crippen LogP contribution is 2.38. The molecule has 100 valence electrons. The number of aromatic nitrogens is 1. The molecule has 0 aliphatic heterocycles. The number of nitrogens with one attached hydrogen (secondary N) is 1. The van der Waals surface area contributed by atoms with Crippen LogP contribution in [0.4, 0.5) is 5.13 Å². The molecule has 1 unspecified atom stereocenters. The summed E-state index contributed by atoms with van der Waals surface area (Å²) in [5.74, 6) is -1.21. The van der Waals surface area contributed by atoms with Crippen LogP contribution in [0, 0.1) is 0 Å². The molecule has 2 aromatic rings. The van der Waals surface area contributed by atoms with Crippen LogP contribution in [0.3, 0.4) is 0 Å². The maximum absolute atomic E-state index is 11.1. The van der Waals surface area contributed by atoms with E-state index in [-0.39, 0.29) is 0 Å². The minimum atomic E-state index is -0.777. The molecule has 1 aliphatic carbocycles. The van der Waals surface area contributed by atoms with Crippen molar-refractivity contribution in [3.8, 4) is 0 Å². The van der Waals surface area contributed by atoms with Crippen LogP contribution in [0.25, 0.3) is 0 Å². The second-order valence-corrected chi connectivity index (χ2v) is 7.20. The Bertz CT molecular complexity index is 623. The summed E-state index contributed by atoms with van der Waals surface area (Å²) in [6.45, 7) is 0.668. The third-order valence-electron chi connectivity index (χ3n) is 3.06. The summed E-state index contributed by atoms with van der Waals surface area (Å²) in [6.07, 6.45) is 1.49. The molecule has 2 N–H and O–H groups in total. The SMILES string of the molecule is O=C(O)C1CCc2sc(NCc3ccc(Cl)s3)nc21. The molecule has 7 heteroatoms. The summed E-state index contributed by atoms with van der Waals surface area (Å²) in [6, 6.07) is 3.84. The first kappa shape index (κ1) is 12.9. The van der Waals surface area contributed by atoms with Crippen molar-refractivity contribution in [1.82, 2.24) is 4.98 Å². The molecule has 2 heterocycles. The Morgan fingerprint density at radius 1 is 1.53 bits per heavy atom. The predicted molar refractivity (Wildman–Crippen MR) is 77.5 cm³/mol. The zero-order chi connectivity index (χ0) is 13.4. The molecule has 1 aliphatic rings. The molecule has 19 heavy (non-hydrogen) atoms. The maximum atomic E-state index is 11.1. The van der Waals surface area contributed by atoms with Crippen LogP contribution >= 0.6 is 34.3 Å². The average molecular weight is 315 g/mol. The molecule has 3 rings (SSSR count). The van der Waals surface area contributed by atoms with Crippen molar-refractivity contribution in [3.05, 3.63) is 31.9 Å². The highest BCUT2D eigenvalue weighted by molar-refractivity contribution is 7.16. The number of hydrogen-bond donors (Lipinski definition) is 2. The van der Waals surface area contributed by atoms with Gasteiger partial charge >= 0.3 is 5.97 Å². The van der Waals surface area contributed by atoms with Crippen molar-refractivity contribution in [1.29, 1.82) is 0 Å². The van der Waals surface area contributed by atoms with Crippen molar-refractivity contribution in [2.75, 3.05) is 5.32 Å². The van der Waals surface area contributed by atoms with Gasteiger partial charge in [-0.25, -0.2) is 4.98 Å². The van der Waals surface area contributed by atoms with Gasteiger partial charge in [0.05, 0.1) is 16.6 Å². The summed E-state index contributed by atoms with van der Waals surface area (Å²) >= 11 is 8.95. The van der Waals surface area contributed by atoms with Gasteiger partial charge in [0, 0.05) is 9.75 Å². The Kier molecular flexibility index (Phi) is 3.47. The number of halogens is 1. The fraction of sp³-hybridized carbons (Fsp3) is 0.333. The Morgan fingerprint density at radius 3 is 3.05 bits per heavy atom. The first-order chi connectivity index (χ1) is 9.13. The summed E-state index contributed by atoms with van der Waals surface area (Å²) in [4.78, 5) is 17.7. The summed E-state index contributed by atoms with van der Waals surface area (Å²) in [7, 11) is 0. The third-order valence-corrected chi connectivity index (χ3v) is 5.38.